The summed E-state index contributed by atoms with van der Waals surface area (Å²) >= 11 is 0. The number of aryl methyl sites for hydroxylation is 1. The van der Waals surface area contributed by atoms with Gasteiger partial charge in [-0.2, -0.15) is 0 Å². The number of aliphatic hydroxyl groups is 1. The summed E-state index contributed by atoms with van der Waals surface area (Å²) < 4.78 is 13.3. The SMILES string of the molecule is Cc1ccc(C2/C(=C(\O)c3ccc(F)cc3)C(=O)C(=O)N2CCc2ccccc2)cc1. The third kappa shape index (κ3) is 4.12. The second-order valence-corrected chi connectivity index (χ2v) is 7.65. The predicted octanol–water partition coefficient (Wildman–Crippen LogP) is 4.80. The van der Waals surface area contributed by atoms with Gasteiger partial charge in [-0.05, 0) is 48.7 Å². The molecule has 0 aromatic heterocycles. The second-order valence-electron chi connectivity index (χ2n) is 7.65. The molecule has 1 unspecified atom stereocenters. The average molecular weight is 415 g/mol. The molecule has 156 valence electrons. The van der Waals surface area contributed by atoms with Crippen LogP contribution in [0.25, 0.3) is 5.76 Å². The zero-order valence-electron chi connectivity index (χ0n) is 17.1. The number of rotatable bonds is 5. The summed E-state index contributed by atoms with van der Waals surface area (Å²) in [7, 11) is 0. The van der Waals surface area contributed by atoms with Gasteiger partial charge in [0, 0.05) is 12.1 Å². The molecule has 0 saturated carbocycles. The Labute approximate surface area is 180 Å². The van der Waals surface area contributed by atoms with Crippen molar-refractivity contribution in [3.63, 3.8) is 0 Å². The number of hydrogen-bond acceptors (Lipinski definition) is 3. The first-order valence-corrected chi connectivity index (χ1v) is 10.1. The van der Waals surface area contributed by atoms with Gasteiger partial charge in [0.05, 0.1) is 11.6 Å². The van der Waals surface area contributed by atoms with Gasteiger partial charge in [0.25, 0.3) is 11.7 Å². The molecule has 1 heterocycles. The number of ketones is 1. The molecule has 0 aliphatic carbocycles. The molecular weight excluding hydrogens is 393 g/mol. The van der Waals surface area contributed by atoms with Crippen molar-refractivity contribution in [2.45, 2.75) is 19.4 Å². The summed E-state index contributed by atoms with van der Waals surface area (Å²) in [5, 5.41) is 10.9. The molecule has 3 aromatic carbocycles. The smallest absolute Gasteiger partial charge is 0.295 e. The van der Waals surface area contributed by atoms with Crippen LogP contribution in [-0.2, 0) is 16.0 Å². The topological polar surface area (TPSA) is 57.6 Å². The molecule has 1 saturated heterocycles. The number of amides is 1. The van der Waals surface area contributed by atoms with Crippen molar-refractivity contribution in [3.8, 4) is 0 Å². The summed E-state index contributed by atoms with van der Waals surface area (Å²) in [6.07, 6.45) is 0.576. The Balaban J connectivity index is 1.78. The fraction of sp³-hybridized carbons (Fsp3) is 0.154. The Morgan fingerprint density at radius 1 is 0.935 bits per heavy atom. The minimum atomic E-state index is -0.736. The Bertz CT molecular complexity index is 1140. The Morgan fingerprint density at radius 3 is 2.23 bits per heavy atom. The Kier molecular flexibility index (Phi) is 5.67. The molecule has 1 amide bonds. The van der Waals surface area contributed by atoms with Gasteiger partial charge in [-0.15, -0.1) is 0 Å². The predicted molar refractivity (Wildman–Crippen MR) is 117 cm³/mol. The van der Waals surface area contributed by atoms with E-state index in [4.69, 9.17) is 0 Å². The van der Waals surface area contributed by atoms with E-state index in [0.29, 0.717) is 18.5 Å². The highest BCUT2D eigenvalue weighted by molar-refractivity contribution is 6.46. The molecule has 5 heteroatoms. The van der Waals surface area contributed by atoms with Crippen molar-refractivity contribution < 1.29 is 19.1 Å². The van der Waals surface area contributed by atoms with E-state index in [1.54, 1.807) is 0 Å². The van der Waals surface area contributed by atoms with Gasteiger partial charge in [-0.3, -0.25) is 9.59 Å². The molecule has 1 aliphatic heterocycles. The molecule has 1 fully saturated rings. The van der Waals surface area contributed by atoms with E-state index in [0.717, 1.165) is 16.7 Å². The van der Waals surface area contributed by atoms with Crippen LogP contribution in [-0.4, -0.2) is 28.2 Å². The highest BCUT2D eigenvalue weighted by Crippen LogP contribution is 2.39. The number of likely N-dealkylation sites (tertiary alicyclic amines) is 1. The van der Waals surface area contributed by atoms with Crippen LogP contribution in [0.4, 0.5) is 4.39 Å². The van der Waals surface area contributed by atoms with E-state index in [2.05, 4.69) is 0 Å². The van der Waals surface area contributed by atoms with Crippen LogP contribution in [0, 0.1) is 12.7 Å². The maximum atomic E-state index is 13.3. The zero-order chi connectivity index (χ0) is 22.0. The highest BCUT2D eigenvalue weighted by atomic mass is 19.1. The van der Waals surface area contributed by atoms with E-state index < -0.39 is 23.5 Å². The lowest BCUT2D eigenvalue weighted by atomic mass is 9.94. The van der Waals surface area contributed by atoms with Gasteiger partial charge in [0.15, 0.2) is 0 Å². The summed E-state index contributed by atoms with van der Waals surface area (Å²) in [4.78, 5) is 27.4. The van der Waals surface area contributed by atoms with Crippen LogP contribution in [0.3, 0.4) is 0 Å². The third-order valence-electron chi connectivity index (χ3n) is 5.53. The Morgan fingerprint density at radius 2 is 1.58 bits per heavy atom. The normalized spacial score (nSPS) is 17.9. The molecular formula is C26H22FNO3. The lowest BCUT2D eigenvalue weighted by Gasteiger charge is -2.25. The third-order valence-corrected chi connectivity index (χ3v) is 5.53. The first kappa shape index (κ1) is 20.5. The van der Waals surface area contributed by atoms with Gasteiger partial charge in [0.2, 0.25) is 0 Å². The monoisotopic (exact) mass is 415 g/mol. The number of carbonyl (C=O) groups is 2. The summed E-state index contributed by atoms with van der Waals surface area (Å²) in [6, 6.07) is 21.7. The minimum Gasteiger partial charge on any atom is -0.507 e. The van der Waals surface area contributed by atoms with Crippen LogP contribution in [0.5, 0.6) is 0 Å². The van der Waals surface area contributed by atoms with Gasteiger partial charge in [-0.25, -0.2) is 4.39 Å². The fourth-order valence-electron chi connectivity index (χ4n) is 3.86. The molecule has 4 nitrogen and oxygen atoms in total. The van der Waals surface area contributed by atoms with Crippen molar-refractivity contribution in [2.24, 2.45) is 0 Å². The van der Waals surface area contributed by atoms with Crippen molar-refractivity contribution in [1.82, 2.24) is 4.90 Å². The first-order chi connectivity index (χ1) is 15.0. The molecule has 1 aliphatic rings. The average Bonchev–Trinajstić information content (AvgIpc) is 3.04. The zero-order valence-corrected chi connectivity index (χ0v) is 17.1. The fourth-order valence-corrected chi connectivity index (χ4v) is 3.86. The van der Waals surface area contributed by atoms with Crippen molar-refractivity contribution in [1.29, 1.82) is 0 Å². The molecule has 1 atom stereocenters. The number of Topliss-reactive ketones (excluding diaryl/α,β-unsaturated/α-hetero) is 1. The van der Waals surface area contributed by atoms with Crippen LogP contribution < -0.4 is 0 Å². The maximum absolute atomic E-state index is 13.3. The van der Waals surface area contributed by atoms with Crippen LogP contribution >= 0.6 is 0 Å². The maximum Gasteiger partial charge on any atom is 0.295 e. The first-order valence-electron chi connectivity index (χ1n) is 10.1. The molecule has 1 N–H and O–H groups in total. The number of aliphatic hydroxyl groups excluding tert-OH is 1. The number of carbonyl (C=O) groups excluding carboxylic acids is 2. The summed E-state index contributed by atoms with van der Waals surface area (Å²) in [5.74, 6) is -2.13. The number of nitrogens with zero attached hydrogens (tertiary/aromatic N) is 1. The number of benzene rings is 3. The Hall–Kier alpha value is -3.73. The molecule has 0 spiro atoms. The summed E-state index contributed by atoms with van der Waals surface area (Å²) in [6.45, 7) is 2.28. The van der Waals surface area contributed by atoms with Crippen molar-refractivity contribution in [3.05, 3.63) is 113 Å². The lowest BCUT2D eigenvalue weighted by molar-refractivity contribution is -0.139. The quantitative estimate of drug-likeness (QED) is 0.370. The van der Waals surface area contributed by atoms with Crippen LogP contribution in [0.2, 0.25) is 0 Å². The van der Waals surface area contributed by atoms with E-state index in [-0.39, 0.29) is 11.3 Å². The molecule has 0 radical (unpaired) electrons. The van der Waals surface area contributed by atoms with Crippen molar-refractivity contribution in [2.75, 3.05) is 6.54 Å². The van der Waals surface area contributed by atoms with Gasteiger partial charge < -0.3 is 10.0 Å². The number of hydrogen-bond donors (Lipinski definition) is 1. The van der Waals surface area contributed by atoms with Gasteiger partial charge >= 0.3 is 0 Å². The van der Waals surface area contributed by atoms with Gasteiger partial charge in [0.1, 0.15) is 11.6 Å². The largest absolute Gasteiger partial charge is 0.507 e. The molecule has 0 bridgehead atoms. The molecule has 31 heavy (non-hydrogen) atoms. The minimum absolute atomic E-state index is 0.0218. The molecule has 4 rings (SSSR count). The van der Waals surface area contributed by atoms with E-state index in [1.807, 2.05) is 61.5 Å². The van der Waals surface area contributed by atoms with E-state index in [9.17, 15) is 19.1 Å². The van der Waals surface area contributed by atoms with E-state index >= 15 is 0 Å². The second kappa shape index (κ2) is 8.56. The lowest BCUT2D eigenvalue weighted by Crippen LogP contribution is -2.31. The van der Waals surface area contributed by atoms with Gasteiger partial charge in [-0.1, -0.05) is 60.2 Å². The van der Waals surface area contributed by atoms with Crippen LogP contribution in [0.15, 0.2) is 84.4 Å². The standard InChI is InChI=1S/C26H22FNO3/c1-17-7-9-19(10-8-17)23-22(24(29)20-11-13-21(27)14-12-20)25(30)26(31)28(23)16-15-18-5-3-2-4-6-18/h2-14,23,29H,15-16H2,1H3/b24-22+. The van der Waals surface area contributed by atoms with Crippen molar-refractivity contribution >= 4 is 17.4 Å². The number of halogens is 1. The highest BCUT2D eigenvalue weighted by Gasteiger charge is 2.45. The van der Waals surface area contributed by atoms with Crippen LogP contribution in [0.1, 0.15) is 28.3 Å². The van der Waals surface area contributed by atoms with E-state index in [1.165, 1.54) is 29.2 Å². The summed E-state index contributed by atoms with van der Waals surface area (Å²) in [5.41, 5.74) is 3.14. The molecule has 3 aromatic rings.